The number of rotatable bonds is 4. The van der Waals surface area contributed by atoms with E-state index in [1.807, 2.05) is 0 Å². The molecule has 0 saturated carbocycles. The van der Waals surface area contributed by atoms with Gasteiger partial charge in [-0.2, -0.15) is 0 Å². The lowest BCUT2D eigenvalue weighted by molar-refractivity contribution is -0.141. The van der Waals surface area contributed by atoms with Gasteiger partial charge in [0.2, 0.25) is 0 Å². The van der Waals surface area contributed by atoms with Crippen molar-refractivity contribution in [1.29, 1.82) is 0 Å². The van der Waals surface area contributed by atoms with E-state index >= 15 is 0 Å². The molecule has 0 bridgehead atoms. The van der Waals surface area contributed by atoms with Gasteiger partial charge < -0.3 is 4.74 Å². The smallest absolute Gasteiger partial charge is 0.313 e. The summed E-state index contributed by atoms with van der Waals surface area (Å²) in [4.78, 5) is 22.6. The van der Waals surface area contributed by atoms with Crippen LogP contribution in [0, 0.1) is 5.82 Å². The van der Waals surface area contributed by atoms with Gasteiger partial charge in [0.1, 0.15) is 12.2 Å². The maximum Gasteiger partial charge on any atom is 0.313 e. The van der Waals surface area contributed by atoms with E-state index in [4.69, 9.17) is 11.6 Å². The summed E-state index contributed by atoms with van der Waals surface area (Å²) in [6.07, 6.45) is -0.390. The van der Waals surface area contributed by atoms with Gasteiger partial charge in [-0.05, 0) is 25.1 Å². The highest BCUT2D eigenvalue weighted by atomic mass is 35.5. The van der Waals surface area contributed by atoms with E-state index < -0.39 is 17.6 Å². The highest BCUT2D eigenvalue weighted by Crippen LogP contribution is 2.18. The van der Waals surface area contributed by atoms with Crippen molar-refractivity contribution in [2.45, 2.75) is 13.3 Å². The number of hydrogen-bond acceptors (Lipinski definition) is 3. The zero-order valence-corrected chi connectivity index (χ0v) is 9.38. The van der Waals surface area contributed by atoms with Crippen molar-refractivity contribution in [1.82, 2.24) is 0 Å². The van der Waals surface area contributed by atoms with E-state index in [1.165, 1.54) is 6.07 Å². The van der Waals surface area contributed by atoms with E-state index in [9.17, 15) is 14.0 Å². The van der Waals surface area contributed by atoms with Gasteiger partial charge in [-0.15, -0.1) is 0 Å². The molecule has 1 aromatic rings. The zero-order valence-electron chi connectivity index (χ0n) is 8.63. The Kier molecular flexibility index (Phi) is 4.43. The van der Waals surface area contributed by atoms with Crippen molar-refractivity contribution in [3.63, 3.8) is 0 Å². The molecule has 0 spiro atoms. The number of benzene rings is 1. The third-order valence-electron chi connectivity index (χ3n) is 1.84. The van der Waals surface area contributed by atoms with E-state index in [1.54, 1.807) is 6.92 Å². The van der Waals surface area contributed by atoms with Gasteiger partial charge in [-0.3, -0.25) is 9.59 Å². The maximum absolute atomic E-state index is 12.7. The Morgan fingerprint density at radius 2 is 2.12 bits per heavy atom. The van der Waals surface area contributed by atoms with Gasteiger partial charge in [-0.1, -0.05) is 11.6 Å². The molecular weight excluding hydrogens is 235 g/mol. The van der Waals surface area contributed by atoms with Crippen LogP contribution < -0.4 is 0 Å². The normalized spacial score (nSPS) is 9.94. The monoisotopic (exact) mass is 244 g/mol. The molecule has 0 radical (unpaired) electrons. The molecule has 1 rings (SSSR count). The number of esters is 1. The van der Waals surface area contributed by atoms with Gasteiger partial charge in [0.15, 0.2) is 5.78 Å². The van der Waals surface area contributed by atoms with Crippen LogP contribution in [0.1, 0.15) is 23.7 Å². The van der Waals surface area contributed by atoms with Gasteiger partial charge in [0.05, 0.1) is 11.6 Å². The van der Waals surface area contributed by atoms with Crippen LogP contribution in [-0.2, 0) is 9.53 Å². The first-order chi connectivity index (χ1) is 7.54. The summed E-state index contributed by atoms with van der Waals surface area (Å²) < 4.78 is 17.3. The molecule has 0 heterocycles. The molecule has 0 fully saturated rings. The average Bonchev–Trinajstić information content (AvgIpc) is 2.17. The maximum atomic E-state index is 12.7. The van der Waals surface area contributed by atoms with Crippen LogP contribution in [-0.4, -0.2) is 18.4 Å². The van der Waals surface area contributed by atoms with E-state index in [0.717, 1.165) is 12.1 Å². The number of carbonyl (C=O) groups is 2. The van der Waals surface area contributed by atoms with Crippen LogP contribution in [0.15, 0.2) is 18.2 Å². The molecule has 0 aliphatic carbocycles. The summed E-state index contributed by atoms with van der Waals surface area (Å²) in [7, 11) is 0. The molecule has 86 valence electrons. The third kappa shape index (κ3) is 3.31. The first-order valence-electron chi connectivity index (χ1n) is 4.68. The summed E-state index contributed by atoms with van der Waals surface area (Å²) in [5.41, 5.74) is 0.121. The first-order valence-corrected chi connectivity index (χ1v) is 5.06. The summed E-state index contributed by atoms with van der Waals surface area (Å²) in [6.45, 7) is 1.86. The standard InChI is InChI=1S/C11H10ClFO3/c1-2-16-11(15)6-10(14)8-4-3-7(13)5-9(8)12/h3-5H,2,6H2,1H3. The molecule has 0 saturated heterocycles. The zero-order chi connectivity index (χ0) is 12.1. The second-order valence-electron chi connectivity index (χ2n) is 3.03. The Morgan fingerprint density at radius 3 is 2.69 bits per heavy atom. The van der Waals surface area contributed by atoms with Gasteiger partial charge in [-0.25, -0.2) is 4.39 Å². The Bertz CT molecular complexity index is 418. The highest BCUT2D eigenvalue weighted by Gasteiger charge is 2.15. The Morgan fingerprint density at radius 1 is 1.44 bits per heavy atom. The fourth-order valence-electron chi connectivity index (χ4n) is 1.15. The minimum absolute atomic E-state index is 0.00528. The molecule has 0 N–H and O–H groups in total. The fraction of sp³-hybridized carbons (Fsp3) is 0.273. The summed E-state index contributed by atoms with van der Waals surface area (Å²) in [5.74, 6) is -1.63. The second kappa shape index (κ2) is 5.61. The van der Waals surface area contributed by atoms with Gasteiger partial charge in [0.25, 0.3) is 0 Å². The van der Waals surface area contributed by atoms with Crippen LogP contribution in [0.3, 0.4) is 0 Å². The molecule has 0 aliphatic heterocycles. The number of hydrogen-bond donors (Lipinski definition) is 0. The van der Waals surface area contributed by atoms with Crippen molar-refractivity contribution >= 4 is 23.4 Å². The molecule has 0 amide bonds. The second-order valence-corrected chi connectivity index (χ2v) is 3.44. The first kappa shape index (κ1) is 12.6. The molecule has 0 aliphatic rings. The number of Topliss-reactive ketones (excluding diaryl/α,β-unsaturated/α-hetero) is 1. The van der Waals surface area contributed by atoms with Gasteiger partial charge in [0, 0.05) is 5.56 Å². The minimum atomic E-state index is -0.618. The molecule has 16 heavy (non-hydrogen) atoms. The predicted octanol–water partition coefficient (Wildman–Crippen LogP) is 2.62. The average molecular weight is 245 g/mol. The Hall–Kier alpha value is -1.42. The Labute approximate surface area is 97.2 Å². The number of ether oxygens (including phenoxy) is 1. The predicted molar refractivity (Wildman–Crippen MR) is 57.0 cm³/mol. The quantitative estimate of drug-likeness (QED) is 0.465. The molecule has 0 unspecified atom stereocenters. The number of carbonyl (C=O) groups excluding carboxylic acids is 2. The van der Waals surface area contributed by atoms with Gasteiger partial charge >= 0.3 is 5.97 Å². The van der Waals surface area contributed by atoms with E-state index in [0.29, 0.717) is 0 Å². The van der Waals surface area contributed by atoms with Crippen molar-refractivity contribution in [3.8, 4) is 0 Å². The number of halogens is 2. The van der Waals surface area contributed by atoms with E-state index in [2.05, 4.69) is 4.74 Å². The van der Waals surface area contributed by atoms with Crippen molar-refractivity contribution in [3.05, 3.63) is 34.6 Å². The summed E-state index contributed by atoms with van der Waals surface area (Å²) in [5, 5.41) is -0.00528. The molecule has 1 aromatic carbocycles. The van der Waals surface area contributed by atoms with Crippen LogP contribution >= 0.6 is 11.6 Å². The lowest BCUT2D eigenvalue weighted by Crippen LogP contribution is -2.11. The minimum Gasteiger partial charge on any atom is -0.466 e. The summed E-state index contributed by atoms with van der Waals surface area (Å²) in [6, 6.07) is 3.39. The lowest BCUT2D eigenvalue weighted by atomic mass is 10.1. The molecule has 0 aromatic heterocycles. The lowest BCUT2D eigenvalue weighted by Gasteiger charge is -2.03. The SMILES string of the molecule is CCOC(=O)CC(=O)c1ccc(F)cc1Cl. The largest absolute Gasteiger partial charge is 0.466 e. The van der Waals surface area contributed by atoms with Crippen LogP contribution in [0.5, 0.6) is 0 Å². The van der Waals surface area contributed by atoms with Crippen molar-refractivity contribution in [2.24, 2.45) is 0 Å². The molecule has 5 heteroatoms. The topological polar surface area (TPSA) is 43.4 Å². The van der Waals surface area contributed by atoms with Crippen LogP contribution in [0.25, 0.3) is 0 Å². The number of ketones is 1. The molecule has 3 nitrogen and oxygen atoms in total. The highest BCUT2D eigenvalue weighted by molar-refractivity contribution is 6.34. The van der Waals surface area contributed by atoms with E-state index in [-0.39, 0.29) is 23.6 Å². The van der Waals surface area contributed by atoms with Crippen molar-refractivity contribution in [2.75, 3.05) is 6.61 Å². The van der Waals surface area contributed by atoms with Crippen LogP contribution in [0.2, 0.25) is 5.02 Å². The summed E-state index contributed by atoms with van der Waals surface area (Å²) >= 11 is 5.67. The molecular formula is C11H10ClFO3. The van der Waals surface area contributed by atoms with Crippen molar-refractivity contribution < 1.29 is 18.7 Å². The van der Waals surface area contributed by atoms with Crippen LogP contribution in [0.4, 0.5) is 4.39 Å². The molecule has 0 atom stereocenters. The third-order valence-corrected chi connectivity index (χ3v) is 2.15. The fourth-order valence-corrected chi connectivity index (χ4v) is 1.43. The Balaban J connectivity index is 2.77.